The molecule has 4 nitrogen and oxygen atoms in total. The number of rotatable bonds is 3. The summed E-state index contributed by atoms with van der Waals surface area (Å²) in [7, 11) is 0. The highest BCUT2D eigenvalue weighted by atomic mass is 16.2. The normalized spacial score (nSPS) is 34.2. The van der Waals surface area contributed by atoms with Gasteiger partial charge in [0.15, 0.2) is 0 Å². The van der Waals surface area contributed by atoms with Gasteiger partial charge in [-0.25, -0.2) is 0 Å². The van der Waals surface area contributed by atoms with Crippen molar-refractivity contribution >= 4 is 11.8 Å². The van der Waals surface area contributed by atoms with E-state index in [1.807, 2.05) is 0 Å². The lowest BCUT2D eigenvalue weighted by atomic mass is 10.0. The van der Waals surface area contributed by atoms with Crippen molar-refractivity contribution < 1.29 is 9.59 Å². The van der Waals surface area contributed by atoms with Crippen molar-refractivity contribution in [3.05, 3.63) is 0 Å². The standard InChI is InChI=1S/C14H22N2O2/c1-13(2)12(14(13,3)4)15-9-7-10(17)16(11(9)18)8-5-6-8/h8-9,12,15H,5-7H2,1-4H3. The molecule has 2 aliphatic carbocycles. The van der Waals surface area contributed by atoms with E-state index in [4.69, 9.17) is 0 Å². The van der Waals surface area contributed by atoms with E-state index in [1.165, 1.54) is 4.90 Å². The number of hydrogen-bond acceptors (Lipinski definition) is 3. The first-order valence-electron chi connectivity index (χ1n) is 6.89. The second-order valence-corrected chi connectivity index (χ2v) is 7.13. The van der Waals surface area contributed by atoms with Crippen molar-refractivity contribution in [3.8, 4) is 0 Å². The fraction of sp³-hybridized carbons (Fsp3) is 0.857. The first-order chi connectivity index (χ1) is 8.26. The molecule has 1 unspecified atom stereocenters. The van der Waals surface area contributed by atoms with Crippen LogP contribution in [0.15, 0.2) is 0 Å². The molecule has 1 N–H and O–H groups in total. The molecule has 4 heteroatoms. The van der Waals surface area contributed by atoms with Crippen LogP contribution in [0, 0.1) is 10.8 Å². The van der Waals surface area contributed by atoms with Gasteiger partial charge in [0.2, 0.25) is 11.8 Å². The summed E-state index contributed by atoms with van der Waals surface area (Å²) in [5.41, 5.74) is 0.395. The molecule has 1 saturated heterocycles. The van der Waals surface area contributed by atoms with Gasteiger partial charge in [0.1, 0.15) is 0 Å². The van der Waals surface area contributed by atoms with E-state index in [1.54, 1.807) is 0 Å². The van der Waals surface area contributed by atoms with Crippen molar-refractivity contribution in [3.63, 3.8) is 0 Å². The summed E-state index contributed by atoms with van der Waals surface area (Å²) in [6.07, 6.45) is 2.33. The first-order valence-corrected chi connectivity index (χ1v) is 6.89. The predicted molar refractivity (Wildman–Crippen MR) is 67.8 cm³/mol. The fourth-order valence-corrected chi connectivity index (χ4v) is 3.31. The van der Waals surface area contributed by atoms with Crippen LogP contribution in [0.5, 0.6) is 0 Å². The van der Waals surface area contributed by atoms with Crippen LogP contribution in [-0.2, 0) is 9.59 Å². The van der Waals surface area contributed by atoms with E-state index in [0.29, 0.717) is 12.5 Å². The minimum absolute atomic E-state index is 0.000926. The quantitative estimate of drug-likeness (QED) is 0.768. The van der Waals surface area contributed by atoms with Crippen LogP contribution in [-0.4, -0.2) is 34.8 Å². The predicted octanol–water partition coefficient (Wildman–Crippen LogP) is 1.30. The SMILES string of the molecule is CC1(C)C(NC2CC(=O)N(C3CC3)C2=O)C1(C)C. The van der Waals surface area contributed by atoms with Gasteiger partial charge in [-0.3, -0.25) is 14.5 Å². The molecular formula is C14H22N2O2. The van der Waals surface area contributed by atoms with E-state index in [9.17, 15) is 9.59 Å². The summed E-state index contributed by atoms with van der Waals surface area (Å²) in [6, 6.07) is 0.243. The molecule has 0 aromatic heterocycles. The van der Waals surface area contributed by atoms with Crippen LogP contribution in [0.2, 0.25) is 0 Å². The van der Waals surface area contributed by atoms with E-state index in [2.05, 4.69) is 33.0 Å². The number of carbonyl (C=O) groups is 2. The summed E-state index contributed by atoms with van der Waals surface area (Å²) in [5.74, 6) is 0.0114. The lowest BCUT2D eigenvalue weighted by Crippen LogP contribution is -2.42. The summed E-state index contributed by atoms with van der Waals surface area (Å²) in [4.78, 5) is 25.6. The van der Waals surface area contributed by atoms with Gasteiger partial charge in [0, 0.05) is 12.1 Å². The highest BCUT2D eigenvalue weighted by molar-refractivity contribution is 6.06. The zero-order chi connectivity index (χ0) is 13.3. The molecule has 1 heterocycles. The molecule has 100 valence electrons. The van der Waals surface area contributed by atoms with Crippen LogP contribution in [0.4, 0.5) is 0 Å². The van der Waals surface area contributed by atoms with Gasteiger partial charge < -0.3 is 5.32 Å². The molecule has 3 rings (SSSR count). The third-order valence-electron chi connectivity index (χ3n) is 5.48. The van der Waals surface area contributed by atoms with E-state index < -0.39 is 0 Å². The summed E-state index contributed by atoms with van der Waals surface area (Å²) >= 11 is 0. The average molecular weight is 250 g/mol. The number of hydrogen-bond donors (Lipinski definition) is 1. The Morgan fingerprint density at radius 2 is 1.67 bits per heavy atom. The summed E-state index contributed by atoms with van der Waals surface area (Å²) in [6.45, 7) is 8.85. The van der Waals surface area contributed by atoms with Crippen LogP contribution >= 0.6 is 0 Å². The number of nitrogens with zero attached hydrogens (tertiary/aromatic N) is 1. The minimum Gasteiger partial charge on any atom is -0.302 e. The van der Waals surface area contributed by atoms with Crippen molar-refractivity contribution in [2.75, 3.05) is 0 Å². The number of imide groups is 1. The van der Waals surface area contributed by atoms with E-state index in [0.717, 1.165) is 12.8 Å². The number of carbonyl (C=O) groups excluding carboxylic acids is 2. The Morgan fingerprint density at radius 1 is 1.11 bits per heavy atom. The lowest BCUT2D eigenvalue weighted by molar-refractivity contribution is -0.139. The van der Waals surface area contributed by atoms with E-state index >= 15 is 0 Å². The largest absolute Gasteiger partial charge is 0.302 e. The van der Waals surface area contributed by atoms with Crippen LogP contribution in [0.25, 0.3) is 0 Å². The molecule has 1 aliphatic heterocycles. The molecule has 0 aromatic rings. The van der Waals surface area contributed by atoms with Crippen LogP contribution < -0.4 is 5.32 Å². The average Bonchev–Trinajstić information content (AvgIpc) is 3.10. The maximum absolute atomic E-state index is 12.2. The number of likely N-dealkylation sites (tertiary alicyclic amines) is 1. The van der Waals surface area contributed by atoms with Gasteiger partial charge in [0.25, 0.3) is 0 Å². The number of nitrogens with one attached hydrogen (secondary N) is 1. The molecule has 1 atom stereocenters. The fourth-order valence-electron chi connectivity index (χ4n) is 3.31. The first kappa shape index (κ1) is 12.2. The molecule has 0 spiro atoms. The second kappa shape index (κ2) is 3.35. The lowest BCUT2D eigenvalue weighted by Gasteiger charge is -2.15. The molecule has 3 fully saturated rings. The van der Waals surface area contributed by atoms with Crippen molar-refractivity contribution in [1.29, 1.82) is 0 Å². The second-order valence-electron chi connectivity index (χ2n) is 7.13. The molecule has 0 bridgehead atoms. The third kappa shape index (κ3) is 1.48. The molecule has 3 aliphatic rings. The Morgan fingerprint density at radius 3 is 2.11 bits per heavy atom. The summed E-state index contributed by atoms with van der Waals surface area (Å²) in [5, 5.41) is 3.41. The summed E-state index contributed by atoms with van der Waals surface area (Å²) < 4.78 is 0. The molecule has 18 heavy (non-hydrogen) atoms. The molecule has 2 amide bonds. The van der Waals surface area contributed by atoms with Crippen molar-refractivity contribution in [2.24, 2.45) is 10.8 Å². The molecule has 0 radical (unpaired) electrons. The van der Waals surface area contributed by atoms with Crippen molar-refractivity contribution in [1.82, 2.24) is 10.2 Å². The zero-order valence-corrected chi connectivity index (χ0v) is 11.6. The molecule has 2 saturated carbocycles. The maximum Gasteiger partial charge on any atom is 0.247 e. The Labute approximate surface area is 108 Å². The monoisotopic (exact) mass is 250 g/mol. The van der Waals surface area contributed by atoms with Crippen LogP contribution in [0.3, 0.4) is 0 Å². The van der Waals surface area contributed by atoms with Crippen LogP contribution in [0.1, 0.15) is 47.0 Å². The van der Waals surface area contributed by atoms with E-state index in [-0.39, 0.29) is 34.7 Å². The van der Waals surface area contributed by atoms with Gasteiger partial charge in [-0.05, 0) is 23.7 Å². The Kier molecular flexibility index (Phi) is 2.26. The highest BCUT2D eigenvalue weighted by Crippen LogP contribution is 2.62. The molecular weight excluding hydrogens is 228 g/mol. The topological polar surface area (TPSA) is 49.4 Å². The Hall–Kier alpha value is -0.900. The minimum atomic E-state index is -0.288. The zero-order valence-electron chi connectivity index (χ0n) is 11.6. The van der Waals surface area contributed by atoms with Gasteiger partial charge in [-0.1, -0.05) is 27.7 Å². The highest BCUT2D eigenvalue weighted by Gasteiger charge is 2.65. The van der Waals surface area contributed by atoms with Gasteiger partial charge in [-0.2, -0.15) is 0 Å². The van der Waals surface area contributed by atoms with Crippen molar-refractivity contribution in [2.45, 2.75) is 65.1 Å². The third-order valence-corrected chi connectivity index (χ3v) is 5.48. The Balaban J connectivity index is 1.69. The molecule has 0 aromatic carbocycles. The Bertz CT molecular complexity index is 410. The van der Waals surface area contributed by atoms with Gasteiger partial charge >= 0.3 is 0 Å². The van der Waals surface area contributed by atoms with Gasteiger partial charge in [0.05, 0.1) is 12.5 Å². The number of amides is 2. The maximum atomic E-state index is 12.2. The smallest absolute Gasteiger partial charge is 0.247 e. The van der Waals surface area contributed by atoms with Gasteiger partial charge in [-0.15, -0.1) is 0 Å².